The van der Waals surface area contributed by atoms with Crippen LogP contribution >= 0.6 is 0 Å². The van der Waals surface area contributed by atoms with Crippen LogP contribution < -0.4 is 5.73 Å². The van der Waals surface area contributed by atoms with E-state index in [2.05, 4.69) is 11.8 Å². The number of carbonyl (C=O) groups is 1. The Morgan fingerprint density at radius 3 is 2.63 bits per heavy atom. The number of carbonyl (C=O) groups excluding carboxylic acids is 1. The number of rotatable bonds is 3. The van der Waals surface area contributed by atoms with Crippen LogP contribution in [0.2, 0.25) is 0 Å². The van der Waals surface area contributed by atoms with Crippen molar-refractivity contribution in [1.29, 1.82) is 0 Å². The monoisotopic (exact) mass is 265 g/mol. The summed E-state index contributed by atoms with van der Waals surface area (Å²) < 4.78 is 13.2. The Kier molecular flexibility index (Phi) is 4.37. The molecule has 1 saturated heterocycles. The summed E-state index contributed by atoms with van der Waals surface area (Å²) >= 11 is 0. The highest BCUT2D eigenvalue weighted by Gasteiger charge is 2.23. The summed E-state index contributed by atoms with van der Waals surface area (Å²) in [5.74, 6) is -0.602. The van der Waals surface area contributed by atoms with E-state index in [4.69, 9.17) is 5.73 Å². The van der Waals surface area contributed by atoms with Crippen molar-refractivity contribution in [3.05, 3.63) is 29.6 Å². The minimum atomic E-state index is -0.429. The summed E-state index contributed by atoms with van der Waals surface area (Å²) in [6.07, 6.45) is 1.12. The summed E-state index contributed by atoms with van der Waals surface area (Å²) in [6, 6.07) is 3.93. The van der Waals surface area contributed by atoms with E-state index in [0.29, 0.717) is 18.8 Å². The van der Waals surface area contributed by atoms with Gasteiger partial charge in [0.25, 0.3) is 5.91 Å². The fourth-order valence-electron chi connectivity index (χ4n) is 2.37. The summed E-state index contributed by atoms with van der Waals surface area (Å²) in [6.45, 7) is 6.29. The first kappa shape index (κ1) is 13.8. The second kappa shape index (κ2) is 6.02. The molecule has 0 radical (unpaired) electrons. The molecule has 1 fully saturated rings. The molecule has 2 N–H and O–H groups in total. The van der Waals surface area contributed by atoms with E-state index >= 15 is 0 Å². The molecule has 0 atom stereocenters. The average Bonchev–Trinajstić information content (AvgIpc) is 2.42. The lowest BCUT2D eigenvalue weighted by molar-refractivity contribution is 0.0638. The predicted octanol–water partition coefficient (Wildman–Crippen LogP) is 1.58. The van der Waals surface area contributed by atoms with Gasteiger partial charge in [-0.1, -0.05) is 6.92 Å². The van der Waals surface area contributed by atoms with Gasteiger partial charge in [0.05, 0.1) is 5.56 Å². The maximum absolute atomic E-state index is 13.2. The van der Waals surface area contributed by atoms with E-state index in [-0.39, 0.29) is 11.5 Å². The van der Waals surface area contributed by atoms with Gasteiger partial charge >= 0.3 is 0 Å². The predicted molar refractivity (Wildman–Crippen MR) is 73.4 cm³/mol. The number of hydrogen-bond donors (Lipinski definition) is 1. The molecule has 1 aliphatic rings. The Bertz CT molecular complexity index is 456. The maximum atomic E-state index is 13.2. The van der Waals surface area contributed by atoms with Crippen LogP contribution in [0.4, 0.5) is 10.1 Å². The fourth-order valence-corrected chi connectivity index (χ4v) is 2.37. The van der Waals surface area contributed by atoms with Gasteiger partial charge in [0, 0.05) is 31.9 Å². The molecule has 5 heteroatoms. The van der Waals surface area contributed by atoms with Crippen molar-refractivity contribution in [2.75, 3.05) is 38.5 Å². The van der Waals surface area contributed by atoms with E-state index in [1.807, 2.05) is 0 Å². The maximum Gasteiger partial charge on any atom is 0.256 e. The molecule has 0 aliphatic carbocycles. The first-order chi connectivity index (χ1) is 9.11. The van der Waals surface area contributed by atoms with E-state index in [1.54, 1.807) is 4.90 Å². The van der Waals surface area contributed by atoms with Gasteiger partial charge in [-0.25, -0.2) is 4.39 Å². The molecule has 2 rings (SSSR count). The summed E-state index contributed by atoms with van der Waals surface area (Å²) in [7, 11) is 0. The van der Waals surface area contributed by atoms with Crippen molar-refractivity contribution in [3.8, 4) is 0 Å². The number of hydrogen-bond acceptors (Lipinski definition) is 3. The van der Waals surface area contributed by atoms with Crippen molar-refractivity contribution in [3.63, 3.8) is 0 Å². The highest BCUT2D eigenvalue weighted by Crippen LogP contribution is 2.17. The third kappa shape index (κ3) is 3.23. The molecule has 1 aromatic rings. The lowest BCUT2D eigenvalue weighted by atomic mass is 10.1. The molecular formula is C14H20FN3O. The molecule has 1 heterocycles. The number of benzene rings is 1. The second-order valence-electron chi connectivity index (χ2n) is 4.87. The standard InChI is InChI=1S/C14H20FN3O/c1-2-5-17-6-8-18(9-7-17)14(19)12-10-11(15)3-4-13(12)16/h3-4,10H,2,5-9,16H2,1H3. The topological polar surface area (TPSA) is 49.6 Å². The highest BCUT2D eigenvalue weighted by molar-refractivity contribution is 5.99. The minimum Gasteiger partial charge on any atom is -0.398 e. The minimum absolute atomic E-state index is 0.173. The highest BCUT2D eigenvalue weighted by atomic mass is 19.1. The van der Waals surface area contributed by atoms with Crippen LogP contribution in [-0.2, 0) is 0 Å². The van der Waals surface area contributed by atoms with Gasteiger partial charge in [-0.2, -0.15) is 0 Å². The molecule has 0 spiro atoms. The van der Waals surface area contributed by atoms with Gasteiger partial charge in [0.15, 0.2) is 0 Å². The smallest absolute Gasteiger partial charge is 0.256 e. The third-order valence-corrected chi connectivity index (χ3v) is 3.45. The van der Waals surface area contributed by atoms with Crippen molar-refractivity contribution in [1.82, 2.24) is 9.80 Å². The largest absolute Gasteiger partial charge is 0.398 e. The number of halogens is 1. The van der Waals surface area contributed by atoms with Gasteiger partial charge in [-0.05, 0) is 31.2 Å². The average molecular weight is 265 g/mol. The van der Waals surface area contributed by atoms with Crippen LogP contribution in [0.1, 0.15) is 23.7 Å². The molecule has 1 amide bonds. The van der Waals surface area contributed by atoms with Crippen LogP contribution in [0.3, 0.4) is 0 Å². The zero-order valence-corrected chi connectivity index (χ0v) is 11.2. The van der Waals surface area contributed by atoms with Crippen LogP contribution in [-0.4, -0.2) is 48.4 Å². The SMILES string of the molecule is CCCN1CCN(C(=O)c2cc(F)ccc2N)CC1. The van der Waals surface area contributed by atoms with Crippen LogP contribution in [0, 0.1) is 5.82 Å². The lowest BCUT2D eigenvalue weighted by Gasteiger charge is -2.34. The van der Waals surface area contributed by atoms with Crippen molar-refractivity contribution in [2.24, 2.45) is 0 Å². The number of nitrogens with zero attached hydrogens (tertiary/aromatic N) is 2. The Morgan fingerprint density at radius 2 is 2.00 bits per heavy atom. The Labute approximate surface area is 113 Å². The van der Waals surface area contributed by atoms with Crippen LogP contribution in [0.25, 0.3) is 0 Å². The Hall–Kier alpha value is -1.62. The Balaban J connectivity index is 2.03. The van der Waals surface area contributed by atoms with Crippen molar-refractivity contribution in [2.45, 2.75) is 13.3 Å². The molecule has 0 saturated carbocycles. The molecule has 4 nitrogen and oxygen atoms in total. The molecule has 19 heavy (non-hydrogen) atoms. The zero-order valence-electron chi connectivity index (χ0n) is 11.2. The van der Waals surface area contributed by atoms with Gasteiger partial charge in [0.2, 0.25) is 0 Å². The molecular weight excluding hydrogens is 245 g/mol. The number of amides is 1. The quantitative estimate of drug-likeness (QED) is 0.844. The molecule has 1 aliphatic heterocycles. The zero-order chi connectivity index (χ0) is 13.8. The molecule has 0 unspecified atom stereocenters. The molecule has 0 bridgehead atoms. The summed E-state index contributed by atoms with van der Waals surface area (Å²) in [5.41, 5.74) is 6.35. The third-order valence-electron chi connectivity index (χ3n) is 3.45. The van der Waals surface area contributed by atoms with Gasteiger partial charge in [-0.15, -0.1) is 0 Å². The molecule has 0 aromatic heterocycles. The summed E-state index contributed by atoms with van der Waals surface area (Å²) in [5, 5.41) is 0. The number of nitrogens with two attached hydrogens (primary N) is 1. The Morgan fingerprint density at radius 1 is 1.32 bits per heavy atom. The van der Waals surface area contributed by atoms with E-state index in [9.17, 15) is 9.18 Å². The van der Waals surface area contributed by atoms with Crippen molar-refractivity contribution < 1.29 is 9.18 Å². The normalized spacial score (nSPS) is 16.6. The van der Waals surface area contributed by atoms with Crippen LogP contribution in [0.5, 0.6) is 0 Å². The first-order valence-electron chi connectivity index (χ1n) is 6.68. The number of piperazine rings is 1. The van der Waals surface area contributed by atoms with Gasteiger partial charge < -0.3 is 10.6 Å². The van der Waals surface area contributed by atoms with Gasteiger partial charge in [-0.3, -0.25) is 9.69 Å². The van der Waals surface area contributed by atoms with Crippen molar-refractivity contribution >= 4 is 11.6 Å². The summed E-state index contributed by atoms with van der Waals surface area (Å²) in [4.78, 5) is 16.4. The van der Waals surface area contributed by atoms with E-state index in [1.165, 1.54) is 18.2 Å². The fraction of sp³-hybridized carbons (Fsp3) is 0.500. The number of nitrogen functional groups attached to an aromatic ring is 1. The number of anilines is 1. The van der Waals surface area contributed by atoms with Crippen LogP contribution in [0.15, 0.2) is 18.2 Å². The second-order valence-corrected chi connectivity index (χ2v) is 4.87. The molecule has 1 aromatic carbocycles. The molecule has 104 valence electrons. The first-order valence-corrected chi connectivity index (χ1v) is 6.68. The van der Waals surface area contributed by atoms with E-state index in [0.717, 1.165) is 26.1 Å². The van der Waals surface area contributed by atoms with Gasteiger partial charge in [0.1, 0.15) is 5.82 Å². The van der Waals surface area contributed by atoms with E-state index < -0.39 is 5.82 Å². The lowest BCUT2D eigenvalue weighted by Crippen LogP contribution is -2.48.